The first-order valence-electron chi connectivity index (χ1n) is 10.7. The second kappa shape index (κ2) is 8.72. The standard InChI is InChI=1S/C24H29N3O2S/c1-18(2)19-8-10-21(11-9-19)25-23(29)26-14-12-24(13-15-26)27(16-17-30-24)22(28)20-6-4-3-5-7-20/h3-11,18H,12-17H2,1-2H3,(H,25,29). The Balaban J connectivity index is 1.37. The van der Waals surface area contributed by atoms with Crippen molar-refractivity contribution in [1.82, 2.24) is 9.80 Å². The van der Waals surface area contributed by atoms with Gasteiger partial charge in [0, 0.05) is 36.6 Å². The Bertz CT molecular complexity index is 890. The van der Waals surface area contributed by atoms with Crippen LogP contribution in [0.4, 0.5) is 10.5 Å². The molecule has 0 radical (unpaired) electrons. The lowest BCUT2D eigenvalue weighted by Crippen LogP contribution is -2.54. The quantitative estimate of drug-likeness (QED) is 0.754. The van der Waals surface area contributed by atoms with Crippen LogP contribution >= 0.6 is 11.8 Å². The topological polar surface area (TPSA) is 52.7 Å². The molecule has 2 aliphatic heterocycles. The Morgan fingerprint density at radius 2 is 1.63 bits per heavy atom. The SMILES string of the molecule is CC(C)c1ccc(NC(=O)N2CCC3(CC2)SCCN3C(=O)c2ccccc2)cc1. The summed E-state index contributed by atoms with van der Waals surface area (Å²) in [6.07, 6.45) is 1.60. The Kier molecular flexibility index (Phi) is 6.04. The normalized spacial score (nSPS) is 18.1. The molecule has 2 fully saturated rings. The van der Waals surface area contributed by atoms with Gasteiger partial charge in [-0.05, 0) is 48.6 Å². The van der Waals surface area contributed by atoms with Crippen molar-refractivity contribution in [3.63, 3.8) is 0 Å². The molecule has 3 amide bonds. The van der Waals surface area contributed by atoms with Crippen molar-refractivity contribution < 1.29 is 9.59 Å². The first-order valence-corrected chi connectivity index (χ1v) is 11.6. The molecule has 5 nitrogen and oxygen atoms in total. The molecule has 1 N–H and O–H groups in total. The zero-order valence-electron chi connectivity index (χ0n) is 17.6. The number of amides is 3. The van der Waals surface area contributed by atoms with Crippen LogP contribution in [0, 0.1) is 0 Å². The van der Waals surface area contributed by atoms with E-state index in [9.17, 15) is 9.59 Å². The first kappa shape index (κ1) is 20.8. The second-order valence-electron chi connectivity index (χ2n) is 8.31. The van der Waals surface area contributed by atoms with Crippen LogP contribution in [0.1, 0.15) is 48.5 Å². The summed E-state index contributed by atoms with van der Waals surface area (Å²) in [5, 5.41) is 3.02. The molecule has 0 aliphatic carbocycles. The van der Waals surface area contributed by atoms with Gasteiger partial charge >= 0.3 is 6.03 Å². The summed E-state index contributed by atoms with van der Waals surface area (Å²) >= 11 is 1.87. The average Bonchev–Trinajstić information content (AvgIpc) is 3.17. The van der Waals surface area contributed by atoms with Crippen LogP contribution in [0.5, 0.6) is 0 Å². The summed E-state index contributed by atoms with van der Waals surface area (Å²) in [5.74, 6) is 1.52. The number of anilines is 1. The molecule has 0 bridgehead atoms. The predicted molar refractivity (Wildman–Crippen MR) is 123 cm³/mol. The van der Waals surface area contributed by atoms with Gasteiger partial charge in [-0.3, -0.25) is 4.79 Å². The number of urea groups is 1. The van der Waals surface area contributed by atoms with Crippen molar-refractivity contribution in [2.45, 2.75) is 37.5 Å². The van der Waals surface area contributed by atoms with Gasteiger partial charge < -0.3 is 15.1 Å². The van der Waals surface area contributed by atoms with E-state index >= 15 is 0 Å². The van der Waals surface area contributed by atoms with Crippen molar-refractivity contribution in [1.29, 1.82) is 0 Å². The van der Waals surface area contributed by atoms with Crippen LogP contribution in [0.2, 0.25) is 0 Å². The molecule has 2 aromatic carbocycles. The molecular weight excluding hydrogens is 394 g/mol. The zero-order chi connectivity index (χ0) is 21.1. The lowest BCUT2D eigenvalue weighted by atomic mass is 10.0. The third-order valence-electron chi connectivity index (χ3n) is 6.10. The van der Waals surface area contributed by atoms with E-state index in [1.165, 1.54) is 5.56 Å². The van der Waals surface area contributed by atoms with Crippen LogP contribution in [0.25, 0.3) is 0 Å². The van der Waals surface area contributed by atoms with E-state index in [1.54, 1.807) is 0 Å². The summed E-state index contributed by atoms with van der Waals surface area (Å²) in [6, 6.07) is 17.5. The van der Waals surface area contributed by atoms with E-state index in [0.29, 0.717) is 19.0 Å². The van der Waals surface area contributed by atoms with Crippen LogP contribution in [0.15, 0.2) is 54.6 Å². The maximum absolute atomic E-state index is 13.1. The maximum Gasteiger partial charge on any atom is 0.321 e. The summed E-state index contributed by atoms with van der Waals surface area (Å²) in [5.41, 5.74) is 2.82. The van der Waals surface area contributed by atoms with Crippen molar-refractivity contribution in [3.8, 4) is 0 Å². The third kappa shape index (κ3) is 4.19. The molecule has 0 saturated carbocycles. The minimum Gasteiger partial charge on any atom is -0.324 e. The van der Waals surface area contributed by atoms with Gasteiger partial charge in [0.05, 0.1) is 4.87 Å². The molecule has 2 heterocycles. The van der Waals surface area contributed by atoms with Crippen LogP contribution < -0.4 is 5.32 Å². The van der Waals surface area contributed by atoms with Gasteiger partial charge in [-0.15, -0.1) is 11.8 Å². The minimum absolute atomic E-state index is 0.0638. The number of nitrogens with zero attached hydrogens (tertiary/aromatic N) is 2. The summed E-state index contributed by atoms with van der Waals surface area (Å²) in [4.78, 5) is 29.5. The van der Waals surface area contributed by atoms with Gasteiger partial charge in [-0.2, -0.15) is 0 Å². The number of carbonyl (C=O) groups excluding carboxylic acids is 2. The second-order valence-corrected chi connectivity index (χ2v) is 9.77. The molecule has 30 heavy (non-hydrogen) atoms. The van der Waals surface area contributed by atoms with E-state index in [2.05, 4.69) is 31.3 Å². The Labute approximate surface area is 182 Å². The molecule has 0 atom stereocenters. The summed E-state index contributed by atoms with van der Waals surface area (Å²) in [6.45, 7) is 6.39. The number of nitrogens with one attached hydrogen (secondary N) is 1. The molecule has 6 heteroatoms. The zero-order valence-corrected chi connectivity index (χ0v) is 18.5. The number of thioether (sulfide) groups is 1. The third-order valence-corrected chi connectivity index (χ3v) is 7.66. The molecule has 2 aliphatic rings. The summed E-state index contributed by atoms with van der Waals surface area (Å²) < 4.78 is 0. The number of hydrogen-bond donors (Lipinski definition) is 1. The molecule has 158 valence electrons. The van der Waals surface area contributed by atoms with Gasteiger partial charge in [0.15, 0.2) is 0 Å². The lowest BCUT2D eigenvalue weighted by Gasteiger charge is -2.44. The average molecular weight is 424 g/mol. The lowest BCUT2D eigenvalue weighted by molar-refractivity contribution is 0.0585. The van der Waals surface area contributed by atoms with E-state index < -0.39 is 0 Å². The maximum atomic E-state index is 13.1. The number of rotatable bonds is 3. The highest BCUT2D eigenvalue weighted by Gasteiger charge is 2.47. The number of carbonyl (C=O) groups is 2. The highest BCUT2D eigenvalue weighted by atomic mass is 32.2. The van der Waals surface area contributed by atoms with Crippen molar-refractivity contribution in [3.05, 3.63) is 65.7 Å². The Morgan fingerprint density at radius 1 is 0.967 bits per heavy atom. The fourth-order valence-electron chi connectivity index (χ4n) is 4.26. The smallest absolute Gasteiger partial charge is 0.321 e. The van der Waals surface area contributed by atoms with Crippen LogP contribution in [0.3, 0.4) is 0 Å². The fraction of sp³-hybridized carbons (Fsp3) is 0.417. The van der Waals surface area contributed by atoms with Crippen LogP contribution in [-0.4, -0.2) is 52.0 Å². The largest absolute Gasteiger partial charge is 0.324 e. The number of hydrogen-bond acceptors (Lipinski definition) is 3. The predicted octanol–water partition coefficient (Wildman–Crippen LogP) is 5.02. The highest BCUT2D eigenvalue weighted by Crippen LogP contribution is 2.44. The molecule has 0 unspecified atom stereocenters. The van der Waals surface area contributed by atoms with E-state index in [-0.39, 0.29) is 16.8 Å². The molecular formula is C24H29N3O2S. The van der Waals surface area contributed by atoms with Crippen molar-refractivity contribution >= 4 is 29.4 Å². The first-order chi connectivity index (χ1) is 14.5. The van der Waals surface area contributed by atoms with Gasteiger partial charge in [0.1, 0.15) is 0 Å². The highest BCUT2D eigenvalue weighted by molar-refractivity contribution is 8.00. The van der Waals surface area contributed by atoms with Crippen LogP contribution in [-0.2, 0) is 0 Å². The van der Waals surface area contributed by atoms with Gasteiger partial charge in [0.2, 0.25) is 0 Å². The Hall–Kier alpha value is -2.47. The van der Waals surface area contributed by atoms with E-state index in [0.717, 1.165) is 36.4 Å². The summed E-state index contributed by atoms with van der Waals surface area (Å²) in [7, 11) is 0. The fourth-order valence-corrected chi connectivity index (χ4v) is 5.71. The molecule has 2 aromatic rings. The number of piperidine rings is 1. The molecule has 2 saturated heterocycles. The monoisotopic (exact) mass is 423 g/mol. The minimum atomic E-state index is -0.192. The number of likely N-dealkylation sites (tertiary alicyclic amines) is 1. The van der Waals surface area contributed by atoms with Crippen molar-refractivity contribution in [2.24, 2.45) is 0 Å². The van der Waals surface area contributed by atoms with Gasteiger partial charge in [-0.25, -0.2) is 4.79 Å². The molecule has 1 spiro atoms. The Morgan fingerprint density at radius 3 is 2.27 bits per heavy atom. The van der Waals surface area contributed by atoms with E-state index in [4.69, 9.17) is 0 Å². The number of benzene rings is 2. The van der Waals surface area contributed by atoms with E-state index in [1.807, 2.05) is 64.0 Å². The molecule has 0 aromatic heterocycles. The van der Waals surface area contributed by atoms with Gasteiger partial charge in [0.25, 0.3) is 5.91 Å². The van der Waals surface area contributed by atoms with Gasteiger partial charge in [-0.1, -0.05) is 44.2 Å². The molecule has 4 rings (SSSR count). The van der Waals surface area contributed by atoms with Crippen molar-refractivity contribution in [2.75, 3.05) is 30.7 Å².